The molecule has 1 aliphatic rings. The highest BCUT2D eigenvalue weighted by Crippen LogP contribution is 2.36. The molecule has 2 atom stereocenters. The summed E-state index contributed by atoms with van der Waals surface area (Å²) >= 11 is 0. The average molecular weight is 207 g/mol. The van der Waals surface area contributed by atoms with Crippen LogP contribution >= 0.6 is 0 Å². The molecule has 1 aromatic carbocycles. The first kappa shape index (κ1) is 10.6. The highest BCUT2D eigenvalue weighted by Gasteiger charge is 2.31. The Morgan fingerprint density at radius 2 is 2.20 bits per heavy atom. The number of halogens is 1. The molecular formula is C13H18FN. The molecule has 15 heavy (non-hydrogen) atoms. The largest absolute Gasteiger partial charge is 0.312 e. The molecule has 0 aromatic heterocycles. The molecule has 0 spiro atoms. The van der Waals surface area contributed by atoms with Gasteiger partial charge >= 0.3 is 0 Å². The van der Waals surface area contributed by atoms with Crippen molar-refractivity contribution >= 4 is 0 Å². The molecule has 0 saturated heterocycles. The van der Waals surface area contributed by atoms with E-state index in [4.69, 9.17) is 0 Å². The predicted molar refractivity (Wildman–Crippen MR) is 60.1 cm³/mol. The van der Waals surface area contributed by atoms with E-state index in [2.05, 4.69) is 12.2 Å². The zero-order valence-electron chi connectivity index (χ0n) is 9.39. The van der Waals surface area contributed by atoms with Gasteiger partial charge in [0.05, 0.1) is 0 Å². The minimum atomic E-state index is -0.103. The molecule has 2 unspecified atom stereocenters. The predicted octanol–water partition coefficient (Wildman–Crippen LogP) is 2.88. The van der Waals surface area contributed by atoms with Gasteiger partial charge in [-0.15, -0.1) is 0 Å². The van der Waals surface area contributed by atoms with Crippen molar-refractivity contribution in [3.63, 3.8) is 0 Å². The summed E-state index contributed by atoms with van der Waals surface area (Å²) in [4.78, 5) is 0. The summed E-state index contributed by atoms with van der Waals surface area (Å²) < 4.78 is 13.2. The van der Waals surface area contributed by atoms with E-state index >= 15 is 0 Å². The molecule has 1 aromatic rings. The van der Waals surface area contributed by atoms with Crippen molar-refractivity contribution in [2.24, 2.45) is 11.8 Å². The van der Waals surface area contributed by atoms with E-state index in [1.807, 2.05) is 12.1 Å². The van der Waals surface area contributed by atoms with Crippen LogP contribution in [-0.4, -0.2) is 6.54 Å². The Kier molecular flexibility index (Phi) is 3.06. The fourth-order valence-electron chi connectivity index (χ4n) is 1.83. The van der Waals surface area contributed by atoms with Crippen molar-refractivity contribution < 1.29 is 4.39 Å². The number of aryl methyl sites for hydroxylation is 1. The van der Waals surface area contributed by atoms with E-state index in [0.29, 0.717) is 0 Å². The number of rotatable bonds is 4. The summed E-state index contributed by atoms with van der Waals surface area (Å²) in [6.07, 6.45) is 1.34. The number of nitrogens with one attached hydrogen (secondary N) is 1. The van der Waals surface area contributed by atoms with Crippen LogP contribution in [-0.2, 0) is 6.54 Å². The molecule has 2 rings (SSSR count). The fourth-order valence-corrected chi connectivity index (χ4v) is 1.83. The third kappa shape index (κ3) is 2.78. The van der Waals surface area contributed by atoms with Gasteiger partial charge in [-0.1, -0.05) is 19.1 Å². The molecule has 82 valence electrons. The third-order valence-corrected chi connectivity index (χ3v) is 3.25. The van der Waals surface area contributed by atoms with Crippen molar-refractivity contribution in [1.29, 1.82) is 0 Å². The Bertz CT molecular complexity index is 348. The second-order valence-corrected chi connectivity index (χ2v) is 4.69. The van der Waals surface area contributed by atoms with Gasteiger partial charge in [-0.3, -0.25) is 0 Å². The maximum Gasteiger partial charge on any atom is 0.126 e. The number of hydrogen-bond acceptors (Lipinski definition) is 1. The summed E-state index contributed by atoms with van der Waals surface area (Å²) in [5, 5.41) is 3.37. The van der Waals surface area contributed by atoms with E-state index in [-0.39, 0.29) is 5.82 Å². The Morgan fingerprint density at radius 1 is 1.47 bits per heavy atom. The highest BCUT2D eigenvalue weighted by atomic mass is 19.1. The topological polar surface area (TPSA) is 12.0 Å². The van der Waals surface area contributed by atoms with Gasteiger partial charge in [-0.2, -0.15) is 0 Å². The van der Waals surface area contributed by atoms with Gasteiger partial charge in [0.15, 0.2) is 0 Å². The average Bonchev–Trinajstić information content (AvgIpc) is 2.88. The summed E-state index contributed by atoms with van der Waals surface area (Å²) in [5.74, 6) is 1.63. The van der Waals surface area contributed by atoms with Crippen molar-refractivity contribution in [2.45, 2.75) is 26.8 Å². The van der Waals surface area contributed by atoms with Gasteiger partial charge in [-0.05, 0) is 48.9 Å². The van der Waals surface area contributed by atoms with Crippen LogP contribution in [0.25, 0.3) is 0 Å². The quantitative estimate of drug-likeness (QED) is 0.800. The van der Waals surface area contributed by atoms with Gasteiger partial charge in [0.2, 0.25) is 0 Å². The first-order chi connectivity index (χ1) is 7.16. The zero-order chi connectivity index (χ0) is 10.8. The molecule has 0 aliphatic heterocycles. The van der Waals surface area contributed by atoms with Gasteiger partial charge in [-0.25, -0.2) is 4.39 Å². The minimum absolute atomic E-state index is 0.103. The molecule has 1 saturated carbocycles. The molecular weight excluding hydrogens is 189 g/mol. The maximum absolute atomic E-state index is 13.2. The molecule has 1 N–H and O–H groups in total. The molecule has 0 radical (unpaired) electrons. The first-order valence-electron chi connectivity index (χ1n) is 5.62. The normalized spacial score (nSPS) is 24.2. The number of benzene rings is 1. The highest BCUT2D eigenvalue weighted by molar-refractivity contribution is 5.23. The minimum Gasteiger partial charge on any atom is -0.312 e. The Morgan fingerprint density at radius 3 is 2.80 bits per heavy atom. The summed E-state index contributed by atoms with van der Waals surface area (Å²) in [6.45, 7) is 5.91. The second kappa shape index (κ2) is 4.31. The molecule has 2 heteroatoms. The van der Waals surface area contributed by atoms with Crippen LogP contribution in [0.3, 0.4) is 0 Å². The van der Waals surface area contributed by atoms with Crippen LogP contribution in [0.1, 0.15) is 24.5 Å². The molecule has 1 fully saturated rings. The van der Waals surface area contributed by atoms with E-state index in [1.165, 1.54) is 6.42 Å². The standard InChI is InChI=1S/C13H18FN/c1-9-3-4-11(6-13(9)14)7-15-8-12-5-10(12)2/h3-4,6,10,12,15H,5,7-8H2,1-2H3. The van der Waals surface area contributed by atoms with Crippen LogP contribution in [0, 0.1) is 24.6 Å². The van der Waals surface area contributed by atoms with Gasteiger partial charge in [0.1, 0.15) is 5.82 Å². The van der Waals surface area contributed by atoms with Crippen LogP contribution in [0.5, 0.6) is 0 Å². The molecule has 0 heterocycles. The third-order valence-electron chi connectivity index (χ3n) is 3.25. The van der Waals surface area contributed by atoms with Crippen LogP contribution < -0.4 is 5.32 Å². The van der Waals surface area contributed by atoms with Crippen LogP contribution in [0.15, 0.2) is 18.2 Å². The lowest BCUT2D eigenvalue weighted by molar-refractivity contribution is 0.597. The second-order valence-electron chi connectivity index (χ2n) is 4.69. The summed E-state index contributed by atoms with van der Waals surface area (Å²) in [7, 11) is 0. The fraction of sp³-hybridized carbons (Fsp3) is 0.538. The van der Waals surface area contributed by atoms with E-state index < -0.39 is 0 Å². The van der Waals surface area contributed by atoms with E-state index in [1.54, 1.807) is 13.0 Å². The zero-order valence-corrected chi connectivity index (χ0v) is 9.39. The van der Waals surface area contributed by atoms with Crippen LogP contribution in [0.4, 0.5) is 4.39 Å². The van der Waals surface area contributed by atoms with Gasteiger partial charge in [0.25, 0.3) is 0 Å². The van der Waals surface area contributed by atoms with Crippen molar-refractivity contribution in [3.8, 4) is 0 Å². The van der Waals surface area contributed by atoms with Crippen molar-refractivity contribution in [1.82, 2.24) is 5.32 Å². The van der Waals surface area contributed by atoms with Crippen molar-refractivity contribution in [2.75, 3.05) is 6.54 Å². The first-order valence-corrected chi connectivity index (χ1v) is 5.62. The molecule has 1 nitrogen and oxygen atoms in total. The number of hydrogen-bond donors (Lipinski definition) is 1. The maximum atomic E-state index is 13.2. The van der Waals surface area contributed by atoms with E-state index in [9.17, 15) is 4.39 Å². The van der Waals surface area contributed by atoms with E-state index in [0.717, 1.165) is 36.1 Å². The van der Waals surface area contributed by atoms with Gasteiger partial charge in [0, 0.05) is 6.54 Å². The van der Waals surface area contributed by atoms with Crippen molar-refractivity contribution in [3.05, 3.63) is 35.1 Å². The molecule has 1 aliphatic carbocycles. The lowest BCUT2D eigenvalue weighted by Crippen LogP contribution is -2.16. The molecule has 0 bridgehead atoms. The lowest BCUT2D eigenvalue weighted by atomic mass is 10.1. The lowest BCUT2D eigenvalue weighted by Gasteiger charge is -2.05. The molecule has 0 amide bonds. The summed E-state index contributed by atoms with van der Waals surface area (Å²) in [5.41, 5.74) is 1.75. The SMILES string of the molecule is Cc1ccc(CNCC2CC2C)cc1F. The Hall–Kier alpha value is -0.890. The summed E-state index contributed by atoms with van der Waals surface area (Å²) in [6, 6.07) is 5.45. The smallest absolute Gasteiger partial charge is 0.126 e. The Balaban J connectivity index is 1.80. The van der Waals surface area contributed by atoms with Gasteiger partial charge < -0.3 is 5.32 Å². The Labute approximate surface area is 90.7 Å². The van der Waals surface area contributed by atoms with Crippen LogP contribution in [0.2, 0.25) is 0 Å². The monoisotopic (exact) mass is 207 g/mol.